The molecular weight excluding hydrogens is 302 g/mol. The van der Waals surface area contributed by atoms with Gasteiger partial charge < -0.3 is 15.6 Å². The first-order chi connectivity index (χ1) is 10.5. The van der Waals surface area contributed by atoms with Crippen LogP contribution in [-0.2, 0) is 16.4 Å². The predicted octanol–water partition coefficient (Wildman–Crippen LogP) is 2.06. The van der Waals surface area contributed by atoms with Crippen LogP contribution in [0.25, 0.3) is 6.08 Å². The number of fused-ring (bicyclic) bond motifs is 1. The highest BCUT2D eigenvalue weighted by Crippen LogP contribution is 2.34. The summed E-state index contributed by atoms with van der Waals surface area (Å²) in [4.78, 5) is 0.463. The van der Waals surface area contributed by atoms with E-state index in [0.717, 1.165) is 5.56 Å². The number of phenols is 1. The maximum absolute atomic E-state index is 12.5. The first kappa shape index (κ1) is 14.6. The molecule has 0 saturated heterocycles. The van der Waals surface area contributed by atoms with Crippen molar-refractivity contribution in [3.63, 3.8) is 0 Å². The van der Waals surface area contributed by atoms with Crippen molar-refractivity contribution in [2.75, 3.05) is 6.61 Å². The van der Waals surface area contributed by atoms with Crippen LogP contribution in [0.4, 0.5) is 0 Å². The fourth-order valence-corrected chi connectivity index (χ4v) is 3.82. The highest BCUT2D eigenvalue weighted by Gasteiger charge is 2.30. The van der Waals surface area contributed by atoms with Crippen molar-refractivity contribution >= 4 is 15.9 Å². The highest BCUT2D eigenvalue weighted by molar-refractivity contribution is 7.95. The Morgan fingerprint density at radius 2 is 1.95 bits per heavy atom. The number of hydrogen-bond acceptors (Lipinski definition) is 5. The van der Waals surface area contributed by atoms with E-state index in [1.807, 2.05) is 6.07 Å². The zero-order valence-electron chi connectivity index (χ0n) is 11.7. The molecule has 0 amide bonds. The van der Waals surface area contributed by atoms with Gasteiger partial charge in [0.05, 0.1) is 9.80 Å². The number of ether oxygens (including phenoxy) is 1. The van der Waals surface area contributed by atoms with Crippen molar-refractivity contribution < 1.29 is 18.3 Å². The fraction of sp³-hybridized carbons (Fsp3) is 0.125. The molecule has 0 aliphatic carbocycles. The topological polar surface area (TPSA) is 89.6 Å². The van der Waals surface area contributed by atoms with Crippen molar-refractivity contribution in [1.29, 1.82) is 0 Å². The normalized spacial score (nSPS) is 15.2. The van der Waals surface area contributed by atoms with E-state index < -0.39 is 9.84 Å². The number of hydrogen-bond donors (Lipinski definition) is 2. The molecule has 0 radical (unpaired) electrons. The van der Waals surface area contributed by atoms with E-state index in [0.29, 0.717) is 11.3 Å². The lowest BCUT2D eigenvalue weighted by Gasteiger charge is -2.08. The summed E-state index contributed by atoms with van der Waals surface area (Å²) in [5, 5.41) is 9.38. The Bertz CT molecular complexity index is 856. The monoisotopic (exact) mass is 317 g/mol. The van der Waals surface area contributed by atoms with Crippen molar-refractivity contribution in [2.45, 2.75) is 11.4 Å². The molecule has 0 aromatic heterocycles. The highest BCUT2D eigenvalue weighted by atomic mass is 32.2. The zero-order chi connectivity index (χ0) is 15.7. The third-order valence-corrected chi connectivity index (χ3v) is 5.32. The molecular formula is C16H15NO4S. The Balaban J connectivity index is 1.84. The van der Waals surface area contributed by atoms with Gasteiger partial charge in [0, 0.05) is 12.6 Å². The molecule has 2 aromatic rings. The number of aromatic hydroxyl groups is 1. The van der Waals surface area contributed by atoms with Crippen molar-refractivity contribution in [3.05, 3.63) is 58.5 Å². The summed E-state index contributed by atoms with van der Waals surface area (Å²) < 4.78 is 30.5. The zero-order valence-corrected chi connectivity index (χ0v) is 12.5. The van der Waals surface area contributed by atoms with E-state index in [-0.39, 0.29) is 28.7 Å². The molecule has 0 atom stereocenters. The second-order valence-electron chi connectivity index (χ2n) is 4.98. The lowest BCUT2D eigenvalue weighted by Crippen LogP contribution is -2.09. The van der Waals surface area contributed by atoms with E-state index in [1.165, 1.54) is 12.1 Å². The average molecular weight is 317 g/mol. The first-order valence-electron chi connectivity index (χ1n) is 6.71. The maximum atomic E-state index is 12.5. The molecule has 1 aliphatic heterocycles. The van der Waals surface area contributed by atoms with E-state index in [4.69, 9.17) is 10.5 Å². The summed E-state index contributed by atoms with van der Waals surface area (Å²) in [5.41, 5.74) is 6.97. The van der Waals surface area contributed by atoms with Gasteiger partial charge in [-0.25, -0.2) is 8.42 Å². The van der Waals surface area contributed by atoms with Gasteiger partial charge in [0.2, 0.25) is 9.84 Å². The van der Waals surface area contributed by atoms with Gasteiger partial charge in [-0.15, -0.1) is 0 Å². The van der Waals surface area contributed by atoms with Crippen LogP contribution in [0.15, 0.2) is 52.3 Å². The largest absolute Gasteiger partial charge is 0.508 e. The fourth-order valence-electron chi connectivity index (χ4n) is 2.30. The lowest BCUT2D eigenvalue weighted by molar-refractivity contribution is 0.356. The van der Waals surface area contributed by atoms with Crippen LogP contribution in [0.1, 0.15) is 11.1 Å². The average Bonchev–Trinajstić information content (AvgIpc) is 2.76. The smallest absolute Gasteiger partial charge is 0.206 e. The molecule has 0 saturated carbocycles. The Labute approximate surface area is 128 Å². The molecule has 3 N–H and O–H groups in total. The Hall–Kier alpha value is -2.31. The summed E-state index contributed by atoms with van der Waals surface area (Å²) in [7, 11) is -3.54. The maximum Gasteiger partial charge on any atom is 0.206 e. The van der Waals surface area contributed by atoms with Crippen LogP contribution in [-0.4, -0.2) is 20.1 Å². The minimum Gasteiger partial charge on any atom is -0.508 e. The molecule has 114 valence electrons. The standard InChI is InChI=1S/C16H15NO4S/c17-9-11-4-5-12-7-15(22(19,20)16(12)6-11)10-21-14-3-1-2-13(18)8-14/h1-8,18H,9-10,17H2. The summed E-state index contributed by atoms with van der Waals surface area (Å²) in [6.07, 6.45) is 1.60. The minimum atomic E-state index is -3.54. The van der Waals surface area contributed by atoms with Crippen LogP contribution < -0.4 is 10.5 Å². The summed E-state index contributed by atoms with van der Waals surface area (Å²) in [6, 6.07) is 11.4. The van der Waals surface area contributed by atoms with Crippen LogP contribution in [0.5, 0.6) is 11.5 Å². The van der Waals surface area contributed by atoms with Crippen LogP contribution >= 0.6 is 0 Å². The third kappa shape index (κ3) is 2.58. The first-order valence-corrected chi connectivity index (χ1v) is 8.19. The second-order valence-corrected chi connectivity index (χ2v) is 6.95. The van der Waals surface area contributed by atoms with Gasteiger partial charge in [-0.05, 0) is 35.4 Å². The molecule has 22 heavy (non-hydrogen) atoms. The van der Waals surface area contributed by atoms with Gasteiger partial charge >= 0.3 is 0 Å². The van der Waals surface area contributed by atoms with Gasteiger partial charge in [-0.3, -0.25) is 0 Å². The Morgan fingerprint density at radius 1 is 1.14 bits per heavy atom. The quantitative estimate of drug-likeness (QED) is 0.901. The summed E-state index contributed by atoms with van der Waals surface area (Å²) in [5.74, 6) is 0.478. The Kier molecular flexibility index (Phi) is 3.64. The molecule has 1 aliphatic rings. The summed E-state index contributed by atoms with van der Waals surface area (Å²) in [6.45, 7) is 0.205. The predicted molar refractivity (Wildman–Crippen MR) is 83.1 cm³/mol. The van der Waals surface area contributed by atoms with Crippen LogP contribution in [0.2, 0.25) is 0 Å². The van der Waals surface area contributed by atoms with Crippen LogP contribution in [0.3, 0.4) is 0 Å². The lowest BCUT2D eigenvalue weighted by atomic mass is 10.1. The van der Waals surface area contributed by atoms with Crippen molar-refractivity contribution in [2.24, 2.45) is 5.73 Å². The molecule has 6 heteroatoms. The Morgan fingerprint density at radius 3 is 2.68 bits per heavy atom. The molecule has 0 unspecified atom stereocenters. The van der Waals surface area contributed by atoms with Gasteiger partial charge in [0.15, 0.2) is 0 Å². The number of phenolic OH excluding ortho intramolecular Hbond substituents is 1. The number of rotatable bonds is 4. The molecule has 5 nitrogen and oxygen atoms in total. The van der Waals surface area contributed by atoms with Gasteiger partial charge in [0.1, 0.15) is 18.1 Å². The van der Waals surface area contributed by atoms with Gasteiger partial charge in [-0.2, -0.15) is 0 Å². The molecule has 0 fully saturated rings. The number of benzene rings is 2. The molecule has 2 aromatic carbocycles. The number of nitrogens with two attached hydrogens (primary N) is 1. The third-order valence-electron chi connectivity index (χ3n) is 3.46. The summed E-state index contributed by atoms with van der Waals surface area (Å²) >= 11 is 0. The van der Waals surface area contributed by atoms with Crippen LogP contribution in [0, 0.1) is 0 Å². The molecule has 3 rings (SSSR count). The second kappa shape index (κ2) is 5.47. The molecule has 0 spiro atoms. The van der Waals surface area contributed by atoms with Gasteiger partial charge in [0.25, 0.3) is 0 Å². The minimum absolute atomic E-state index is 0.0663. The molecule has 1 heterocycles. The van der Waals surface area contributed by atoms with Crippen molar-refractivity contribution in [1.82, 2.24) is 0 Å². The van der Waals surface area contributed by atoms with E-state index in [2.05, 4.69) is 0 Å². The van der Waals surface area contributed by atoms with Crippen molar-refractivity contribution in [3.8, 4) is 11.5 Å². The van der Waals surface area contributed by atoms with Gasteiger partial charge in [-0.1, -0.05) is 18.2 Å². The molecule has 0 bridgehead atoms. The van der Waals surface area contributed by atoms with E-state index in [1.54, 1.807) is 30.3 Å². The van der Waals surface area contributed by atoms with E-state index >= 15 is 0 Å². The number of sulfone groups is 1. The SMILES string of the molecule is NCc1ccc2c(c1)S(=O)(=O)C(COc1cccc(O)c1)=C2. The van der Waals surface area contributed by atoms with E-state index in [9.17, 15) is 13.5 Å².